The summed E-state index contributed by atoms with van der Waals surface area (Å²) in [4.78, 5) is 11.6. The Balaban J connectivity index is 1.74. The number of nitrogens with zero attached hydrogens (tertiary/aromatic N) is 2. The molecule has 0 unspecified atom stereocenters. The van der Waals surface area contributed by atoms with Crippen molar-refractivity contribution in [2.75, 3.05) is 4.72 Å². The van der Waals surface area contributed by atoms with Crippen molar-refractivity contribution in [3.05, 3.63) is 59.2 Å². The lowest BCUT2D eigenvalue weighted by atomic mass is 10.2. The molecular formula is C17H15N3O4S. The predicted molar refractivity (Wildman–Crippen MR) is 95.2 cm³/mol. The number of anilines is 1. The van der Waals surface area contributed by atoms with E-state index in [9.17, 15) is 13.2 Å². The van der Waals surface area contributed by atoms with Crippen molar-refractivity contribution >= 4 is 37.7 Å². The fraction of sp³-hybridized carbons (Fsp3) is 0.118. The van der Waals surface area contributed by atoms with Gasteiger partial charge in [-0.25, -0.2) is 13.2 Å². The molecule has 0 aliphatic rings. The summed E-state index contributed by atoms with van der Waals surface area (Å²) in [6, 6.07) is 11.6. The van der Waals surface area contributed by atoms with Gasteiger partial charge in [0, 0.05) is 42.9 Å². The van der Waals surface area contributed by atoms with Crippen LogP contribution in [0.1, 0.15) is 0 Å². The molecule has 0 spiro atoms. The lowest BCUT2D eigenvalue weighted by Crippen LogP contribution is -2.12. The first-order valence-electron chi connectivity index (χ1n) is 7.53. The van der Waals surface area contributed by atoms with Gasteiger partial charge >= 0.3 is 5.76 Å². The largest absolute Gasteiger partial charge is 0.419 e. The molecule has 0 radical (unpaired) electrons. The Morgan fingerprint density at radius 1 is 1.00 bits per heavy atom. The molecule has 0 saturated heterocycles. The van der Waals surface area contributed by atoms with Gasteiger partial charge in [-0.2, -0.15) is 0 Å². The predicted octanol–water partition coefficient (Wildman–Crippen LogP) is 2.42. The van der Waals surface area contributed by atoms with E-state index in [0.717, 1.165) is 10.9 Å². The number of fused-ring (bicyclic) bond motifs is 2. The van der Waals surface area contributed by atoms with E-state index in [0.29, 0.717) is 11.2 Å². The van der Waals surface area contributed by atoms with Gasteiger partial charge in [0.15, 0.2) is 5.58 Å². The van der Waals surface area contributed by atoms with Crippen molar-refractivity contribution in [3.63, 3.8) is 0 Å². The molecule has 7 nitrogen and oxygen atoms in total. The minimum atomic E-state index is -3.80. The smallest absolute Gasteiger partial charge is 0.408 e. The quantitative estimate of drug-likeness (QED) is 0.610. The second-order valence-corrected chi connectivity index (χ2v) is 7.54. The second-order valence-electron chi connectivity index (χ2n) is 5.86. The maximum absolute atomic E-state index is 12.6. The minimum absolute atomic E-state index is 0.0301. The molecular weight excluding hydrogens is 342 g/mol. The van der Waals surface area contributed by atoms with Crippen LogP contribution in [0.15, 0.2) is 62.8 Å². The number of hydrogen-bond donors (Lipinski definition) is 1. The van der Waals surface area contributed by atoms with Crippen LogP contribution in [0.2, 0.25) is 0 Å². The van der Waals surface area contributed by atoms with Crippen LogP contribution in [0.25, 0.3) is 22.0 Å². The van der Waals surface area contributed by atoms with Crippen LogP contribution in [-0.4, -0.2) is 17.6 Å². The van der Waals surface area contributed by atoms with Crippen molar-refractivity contribution in [3.8, 4) is 0 Å². The third kappa shape index (κ3) is 2.51. The average Bonchev–Trinajstić information content (AvgIpc) is 3.07. The Hall–Kier alpha value is -3.00. The van der Waals surface area contributed by atoms with Crippen molar-refractivity contribution < 1.29 is 12.8 Å². The van der Waals surface area contributed by atoms with E-state index in [-0.39, 0.29) is 10.5 Å². The molecule has 0 aliphatic heterocycles. The molecule has 0 amide bonds. The van der Waals surface area contributed by atoms with Crippen LogP contribution in [0, 0.1) is 0 Å². The SMILES string of the molecule is Cn1ccc2cc(NS(=O)(=O)c3ccc4c(c3)oc(=O)n4C)ccc21. The lowest BCUT2D eigenvalue weighted by Gasteiger charge is -2.08. The van der Waals surface area contributed by atoms with Crippen LogP contribution in [0.3, 0.4) is 0 Å². The standard InChI is InChI=1S/C17H15N3O4S/c1-19-8-7-11-9-12(3-5-14(11)19)18-25(22,23)13-4-6-15-16(10-13)24-17(21)20(15)2/h3-10,18H,1-2H3. The molecule has 2 aromatic carbocycles. The van der Waals surface area contributed by atoms with Gasteiger partial charge in [-0.05, 0) is 36.4 Å². The van der Waals surface area contributed by atoms with Gasteiger partial charge in [-0.1, -0.05) is 0 Å². The van der Waals surface area contributed by atoms with Gasteiger partial charge in [0.05, 0.1) is 10.4 Å². The Morgan fingerprint density at radius 3 is 2.56 bits per heavy atom. The molecule has 0 atom stereocenters. The van der Waals surface area contributed by atoms with E-state index in [1.54, 1.807) is 25.2 Å². The van der Waals surface area contributed by atoms with Crippen molar-refractivity contribution in [1.82, 2.24) is 9.13 Å². The van der Waals surface area contributed by atoms with E-state index >= 15 is 0 Å². The third-order valence-corrected chi connectivity index (χ3v) is 5.59. The normalized spacial score (nSPS) is 12.1. The molecule has 0 fully saturated rings. The number of oxazole rings is 1. The number of aromatic nitrogens is 2. The second kappa shape index (κ2) is 5.25. The summed E-state index contributed by atoms with van der Waals surface area (Å²) in [5.41, 5.74) is 2.24. The number of sulfonamides is 1. The topological polar surface area (TPSA) is 86.2 Å². The van der Waals surface area contributed by atoms with Gasteiger partial charge in [0.1, 0.15) is 0 Å². The summed E-state index contributed by atoms with van der Waals surface area (Å²) >= 11 is 0. The highest BCUT2D eigenvalue weighted by Gasteiger charge is 2.17. The van der Waals surface area contributed by atoms with Crippen molar-refractivity contribution in [2.45, 2.75) is 4.90 Å². The number of aryl methyl sites for hydroxylation is 2. The Bertz CT molecular complexity index is 1280. The molecule has 2 heterocycles. The Kier molecular flexibility index (Phi) is 3.26. The minimum Gasteiger partial charge on any atom is -0.408 e. The van der Waals surface area contributed by atoms with E-state index in [1.165, 1.54) is 16.7 Å². The molecule has 128 valence electrons. The number of nitrogens with one attached hydrogen (secondary N) is 1. The maximum atomic E-state index is 12.6. The molecule has 25 heavy (non-hydrogen) atoms. The van der Waals surface area contributed by atoms with Crippen LogP contribution in [0.4, 0.5) is 5.69 Å². The summed E-state index contributed by atoms with van der Waals surface area (Å²) in [6.45, 7) is 0. The van der Waals surface area contributed by atoms with Gasteiger partial charge in [0.25, 0.3) is 10.0 Å². The average molecular weight is 357 g/mol. The number of rotatable bonds is 3. The molecule has 2 aromatic heterocycles. The van der Waals surface area contributed by atoms with Gasteiger partial charge in [-0.15, -0.1) is 0 Å². The van der Waals surface area contributed by atoms with E-state index in [4.69, 9.17) is 4.42 Å². The molecule has 4 rings (SSSR count). The van der Waals surface area contributed by atoms with Gasteiger partial charge < -0.3 is 8.98 Å². The summed E-state index contributed by atoms with van der Waals surface area (Å²) in [7, 11) is -0.308. The zero-order valence-corrected chi connectivity index (χ0v) is 14.4. The molecule has 1 N–H and O–H groups in total. The van der Waals surface area contributed by atoms with Gasteiger partial charge in [-0.3, -0.25) is 9.29 Å². The van der Waals surface area contributed by atoms with Crippen LogP contribution < -0.4 is 10.5 Å². The zero-order chi connectivity index (χ0) is 17.8. The fourth-order valence-corrected chi connectivity index (χ4v) is 3.91. The molecule has 0 saturated carbocycles. The maximum Gasteiger partial charge on any atom is 0.419 e. The lowest BCUT2D eigenvalue weighted by molar-refractivity contribution is 0.527. The van der Waals surface area contributed by atoms with E-state index < -0.39 is 15.8 Å². The molecule has 0 aliphatic carbocycles. The van der Waals surface area contributed by atoms with Gasteiger partial charge in [0.2, 0.25) is 0 Å². The third-order valence-electron chi connectivity index (χ3n) is 4.21. The summed E-state index contributed by atoms with van der Waals surface area (Å²) in [6.07, 6.45) is 1.91. The van der Waals surface area contributed by atoms with Crippen molar-refractivity contribution in [2.24, 2.45) is 14.1 Å². The van der Waals surface area contributed by atoms with Crippen LogP contribution in [-0.2, 0) is 24.1 Å². The number of benzene rings is 2. The number of hydrogen-bond acceptors (Lipinski definition) is 4. The van der Waals surface area contributed by atoms with Crippen molar-refractivity contribution in [1.29, 1.82) is 0 Å². The molecule has 8 heteroatoms. The highest BCUT2D eigenvalue weighted by molar-refractivity contribution is 7.92. The van der Waals surface area contributed by atoms with E-state index in [1.807, 2.05) is 29.9 Å². The molecule has 4 aromatic rings. The molecule has 0 bridgehead atoms. The summed E-state index contributed by atoms with van der Waals surface area (Å²) in [5.74, 6) is -0.535. The summed E-state index contributed by atoms with van der Waals surface area (Å²) in [5, 5.41) is 0.937. The zero-order valence-electron chi connectivity index (χ0n) is 13.6. The fourth-order valence-electron chi connectivity index (χ4n) is 2.84. The highest BCUT2D eigenvalue weighted by atomic mass is 32.2. The monoisotopic (exact) mass is 357 g/mol. The first-order valence-corrected chi connectivity index (χ1v) is 9.01. The summed E-state index contributed by atoms with van der Waals surface area (Å²) < 4.78 is 36.2. The Morgan fingerprint density at radius 2 is 1.76 bits per heavy atom. The van der Waals surface area contributed by atoms with E-state index in [2.05, 4.69) is 4.72 Å². The van der Waals surface area contributed by atoms with Crippen LogP contribution >= 0.6 is 0 Å². The Labute approximate surface area is 143 Å². The highest BCUT2D eigenvalue weighted by Crippen LogP contribution is 2.24. The first kappa shape index (κ1) is 15.5. The first-order chi connectivity index (χ1) is 11.8. The van der Waals surface area contributed by atoms with Crippen LogP contribution in [0.5, 0.6) is 0 Å².